The molecule has 0 saturated carbocycles. The summed E-state index contributed by atoms with van der Waals surface area (Å²) < 4.78 is 5.37. The highest BCUT2D eigenvalue weighted by atomic mass is 32.2. The number of nitrogens with one attached hydrogen (secondary N) is 1. The highest BCUT2D eigenvalue weighted by Crippen LogP contribution is 2.34. The summed E-state index contributed by atoms with van der Waals surface area (Å²) >= 11 is 2.84. The highest BCUT2D eigenvalue weighted by molar-refractivity contribution is 8.00. The Hall–Kier alpha value is -2.12. The lowest BCUT2D eigenvalue weighted by Crippen LogP contribution is -2.18. The Morgan fingerprint density at radius 1 is 1.30 bits per heavy atom. The summed E-state index contributed by atoms with van der Waals surface area (Å²) in [5, 5.41) is 0.748. The van der Waals surface area contributed by atoms with Crippen molar-refractivity contribution in [2.75, 3.05) is 0 Å². The Kier molecular flexibility index (Phi) is 5.31. The lowest BCUT2D eigenvalue weighted by Gasteiger charge is -2.11. The van der Waals surface area contributed by atoms with E-state index in [1.54, 1.807) is 18.3 Å². The van der Waals surface area contributed by atoms with Crippen molar-refractivity contribution >= 4 is 39.3 Å². The van der Waals surface area contributed by atoms with Gasteiger partial charge < -0.3 is 9.72 Å². The average Bonchev–Trinajstić information content (AvgIpc) is 3.05. The fourth-order valence-electron chi connectivity index (χ4n) is 3.26. The predicted molar refractivity (Wildman–Crippen MR) is 108 cm³/mol. The summed E-state index contributed by atoms with van der Waals surface area (Å²) in [5.41, 5.74) is 2.01. The second kappa shape index (κ2) is 7.86. The average molecular weight is 401 g/mol. The van der Waals surface area contributed by atoms with Crippen LogP contribution in [0.4, 0.5) is 0 Å². The lowest BCUT2D eigenvalue weighted by molar-refractivity contribution is -0.143. The first-order chi connectivity index (χ1) is 13.1. The van der Waals surface area contributed by atoms with Crippen molar-refractivity contribution in [1.82, 2.24) is 9.97 Å². The number of benzene rings is 1. The van der Waals surface area contributed by atoms with E-state index in [0.29, 0.717) is 5.16 Å². The molecule has 1 aliphatic carbocycles. The molecule has 0 amide bonds. The van der Waals surface area contributed by atoms with Crippen LogP contribution in [0.5, 0.6) is 0 Å². The quantitative estimate of drug-likeness (QED) is 0.397. The fraction of sp³-hybridized carbons (Fsp3) is 0.350. The van der Waals surface area contributed by atoms with E-state index < -0.39 is 5.25 Å². The number of H-pyrrole nitrogens is 1. The fourth-order valence-corrected chi connectivity index (χ4v) is 5.38. The van der Waals surface area contributed by atoms with Crippen molar-refractivity contribution in [3.8, 4) is 0 Å². The molecule has 2 heterocycles. The summed E-state index contributed by atoms with van der Waals surface area (Å²) in [7, 11) is 0. The smallest absolute Gasteiger partial charge is 0.319 e. The molecule has 140 valence electrons. The molecule has 0 fully saturated rings. The Bertz CT molecular complexity index is 1030. The number of carbonyl (C=O) groups is 1. The number of esters is 1. The van der Waals surface area contributed by atoms with Gasteiger partial charge in [0, 0.05) is 4.88 Å². The number of fused-ring (bicyclic) bond motifs is 3. The molecule has 1 aromatic carbocycles. The number of aromatic amines is 1. The number of aromatic nitrogens is 2. The minimum atomic E-state index is -0.455. The van der Waals surface area contributed by atoms with Gasteiger partial charge in [0.05, 0.1) is 5.39 Å². The molecule has 0 spiro atoms. The molecule has 3 aromatic rings. The maximum atomic E-state index is 12.6. The topological polar surface area (TPSA) is 72.0 Å². The van der Waals surface area contributed by atoms with Crippen LogP contribution in [-0.4, -0.2) is 21.2 Å². The monoisotopic (exact) mass is 400 g/mol. The Labute approximate surface area is 165 Å². The molecule has 1 N–H and O–H groups in total. The van der Waals surface area contributed by atoms with E-state index in [1.165, 1.54) is 28.6 Å². The van der Waals surface area contributed by atoms with Gasteiger partial charge in [-0.15, -0.1) is 11.3 Å². The van der Waals surface area contributed by atoms with Crippen molar-refractivity contribution < 1.29 is 9.53 Å². The number of thioether (sulfide) groups is 1. The molecule has 1 aliphatic rings. The van der Waals surface area contributed by atoms with Gasteiger partial charge >= 0.3 is 5.97 Å². The summed E-state index contributed by atoms with van der Waals surface area (Å²) in [4.78, 5) is 34.3. The largest absolute Gasteiger partial charge is 0.460 e. The van der Waals surface area contributed by atoms with E-state index in [2.05, 4.69) is 9.97 Å². The standard InChI is InChI=1S/C20H20N2O3S2/c1-12(19(24)25-11-13-7-3-2-4-8-13)26-20-21-17(23)16-14-9-5-6-10-15(14)27-18(16)22-20/h2-4,7-8,12H,5-6,9-11H2,1H3,(H,21,22,23)/t12-/m0/s1. The number of carbonyl (C=O) groups excluding carboxylic acids is 1. The molecule has 0 radical (unpaired) electrons. The molecular formula is C20H20N2O3S2. The van der Waals surface area contributed by atoms with Gasteiger partial charge in [-0.25, -0.2) is 4.98 Å². The molecule has 0 saturated heterocycles. The number of nitrogens with zero attached hydrogens (tertiary/aromatic N) is 1. The Balaban J connectivity index is 1.47. The third-order valence-electron chi connectivity index (χ3n) is 4.65. The number of hydrogen-bond acceptors (Lipinski definition) is 6. The molecule has 1 atom stereocenters. The summed E-state index contributed by atoms with van der Waals surface area (Å²) in [6.07, 6.45) is 4.28. The lowest BCUT2D eigenvalue weighted by atomic mass is 9.97. The van der Waals surface area contributed by atoms with Crippen LogP contribution < -0.4 is 5.56 Å². The van der Waals surface area contributed by atoms with Crippen molar-refractivity contribution in [2.24, 2.45) is 0 Å². The van der Waals surface area contributed by atoms with Crippen LogP contribution in [0.3, 0.4) is 0 Å². The summed E-state index contributed by atoms with van der Waals surface area (Å²) in [6, 6.07) is 9.56. The van der Waals surface area contributed by atoms with Crippen LogP contribution in [0.2, 0.25) is 0 Å². The summed E-state index contributed by atoms with van der Waals surface area (Å²) in [5.74, 6) is -0.322. The normalized spacial score (nSPS) is 14.7. The molecule has 4 rings (SSSR count). The molecule has 5 nitrogen and oxygen atoms in total. The van der Waals surface area contributed by atoms with Gasteiger partial charge in [-0.05, 0) is 43.7 Å². The van der Waals surface area contributed by atoms with E-state index in [9.17, 15) is 9.59 Å². The van der Waals surface area contributed by atoms with E-state index in [4.69, 9.17) is 4.74 Å². The van der Waals surface area contributed by atoms with E-state index in [0.717, 1.165) is 35.0 Å². The van der Waals surface area contributed by atoms with Crippen LogP contribution in [-0.2, 0) is 29.0 Å². The van der Waals surface area contributed by atoms with E-state index in [-0.39, 0.29) is 18.1 Å². The maximum absolute atomic E-state index is 12.6. The Morgan fingerprint density at radius 3 is 2.89 bits per heavy atom. The molecular weight excluding hydrogens is 380 g/mol. The minimum absolute atomic E-state index is 0.105. The Morgan fingerprint density at radius 2 is 2.07 bits per heavy atom. The molecule has 7 heteroatoms. The SMILES string of the molecule is C[C@H](Sc1nc2sc3c(c2c(=O)[nH]1)CCCC3)C(=O)OCc1ccccc1. The number of aryl methyl sites for hydroxylation is 2. The first-order valence-electron chi connectivity index (χ1n) is 9.03. The van der Waals surface area contributed by atoms with Crippen LogP contribution >= 0.6 is 23.1 Å². The first kappa shape index (κ1) is 18.3. The molecule has 2 aromatic heterocycles. The maximum Gasteiger partial charge on any atom is 0.319 e. The minimum Gasteiger partial charge on any atom is -0.460 e. The number of hydrogen-bond donors (Lipinski definition) is 1. The molecule has 0 unspecified atom stereocenters. The van der Waals surface area contributed by atoms with Crippen LogP contribution in [0.25, 0.3) is 10.2 Å². The highest BCUT2D eigenvalue weighted by Gasteiger charge is 2.22. The number of rotatable bonds is 5. The zero-order valence-corrected chi connectivity index (χ0v) is 16.6. The zero-order chi connectivity index (χ0) is 18.8. The van der Waals surface area contributed by atoms with Crippen molar-refractivity contribution in [2.45, 2.75) is 49.6 Å². The second-order valence-electron chi connectivity index (χ2n) is 6.62. The second-order valence-corrected chi connectivity index (χ2v) is 9.03. The van der Waals surface area contributed by atoms with Gasteiger partial charge in [-0.3, -0.25) is 9.59 Å². The van der Waals surface area contributed by atoms with Crippen molar-refractivity contribution in [3.63, 3.8) is 0 Å². The van der Waals surface area contributed by atoms with Gasteiger partial charge in [0.15, 0.2) is 5.16 Å². The van der Waals surface area contributed by atoms with Crippen LogP contribution in [0.1, 0.15) is 35.8 Å². The van der Waals surface area contributed by atoms with E-state index >= 15 is 0 Å². The first-order valence-corrected chi connectivity index (χ1v) is 10.7. The van der Waals surface area contributed by atoms with Crippen LogP contribution in [0.15, 0.2) is 40.3 Å². The number of thiophene rings is 1. The third-order valence-corrected chi connectivity index (χ3v) is 6.80. The predicted octanol–water partition coefficient (Wildman–Crippen LogP) is 4.09. The number of ether oxygens (including phenoxy) is 1. The van der Waals surface area contributed by atoms with Gasteiger partial charge in [-0.1, -0.05) is 42.1 Å². The van der Waals surface area contributed by atoms with Gasteiger partial charge in [0.25, 0.3) is 5.56 Å². The van der Waals surface area contributed by atoms with Gasteiger partial charge in [-0.2, -0.15) is 0 Å². The zero-order valence-electron chi connectivity index (χ0n) is 15.0. The van der Waals surface area contributed by atoms with Gasteiger partial charge in [0.2, 0.25) is 0 Å². The van der Waals surface area contributed by atoms with E-state index in [1.807, 2.05) is 30.3 Å². The van der Waals surface area contributed by atoms with Crippen molar-refractivity contribution in [1.29, 1.82) is 0 Å². The van der Waals surface area contributed by atoms with Crippen LogP contribution in [0, 0.1) is 0 Å². The molecule has 27 heavy (non-hydrogen) atoms. The summed E-state index contributed by atoms with van der Waals surface area (Å²) in [6.45, 7) is 2.01. The molecule has 0 bridgehead atoms. The van der Waals surface area contributed by atoms with Crippen molar-refractivity contribution in [3.05, 3.63) is 56.7 Å². The molecule has 0 aliphatic heterocycles. The van der Waals surface area contributed by atoms with Gasteiger partial charge in [0.1, 0.15) is 16.7 Å². The third kappa shape index (κ3) is 3.94.